The van der Waals surface area contributed by atoms with Gasteiger partial charge in [0, 0.05) is 17.6 Å². The van der Waals surface area contributed by atoms with E-state index in [1.807, 2.05) is 17.5 Å². The normalized spacial score (nSPS) is 13.6. The second-order valence-electron chi connectivity index (χ2n) is 4.53. The largest absolute Gasteiger partial charge is 0.399 e. The van der Waals surface area contributed by atoms with E-state index < -0.39 is 26.8 Å². The van der Waals surface area contributed by atoms with Gasteiger partial charge in [0.1, 0.15) is 4.90 Å². The van der Waals surface area contributed by atoms with Crippen molar-refractivity contribution in [1.29, 1.82) is 0 Å². The molecule has 1 aromatic carbocycles. The molecular formula is C13H14BrFN2O2S2. The first-order chi connectivity index (χ1) is 9.75. The summed E-state index contributed by atoms with van der Waals surface area (Å²) in [5.74, 6) is -0.838. The van der Waals surface area contributed by atoms with Crippen LogP contribution in [0.5, 0.6) is 0 Å². The third kappa shape index (κ3) is 3.13. The average molecular weight is 393 g/mol. The zero-order valence-electron chi connectivity index (χ0n) is 11.4. The van der Waals surface area contributed by atoms with Crippen LogP contribution >= 0.6 is 27.3 Å². The Labute approximate surface area is 135 Å². The lowest BCUT2D eigenvalue weighted by Crippen LogP contribution is -2.30. The monoisotopic (exact) mass is 392 g/mol. The molecule has 0 aliphatic carbocycles. The van der Waals surface area contributed by atoms with E-state index in [0.717, 1.165) is 15.2 Å². The number of nitrogen functional groups attached to an aromatic ring is 1. The molecule has 4 nitrogen and oxygen atoms in total. The Balaban J connectivity index is 2.47. The zero-order chi connectivity index (χ0) is 15.8. The smallest absolute Gasteiger partial charge is 0.246 e. The van der Waals surface area contributed by atoms with E-state index in [0.29, 0.717) is 0 Å². The molecule has 0 aliphatic heterocycles. The van der Waals surface area contributed by atoms with Gasteiger partial charge in [-0.2, -0.15) is 4.31 Å². The summed E-state index contributed by atoms with van der Waals surface area (Å²) in [6.45, 7) is 1.75. The minimum Gasteiger partial charge on any atom is -0.399 e. The summed E-state index contributed by atoms with van der Waals surface area (Å²) in [5, 5.41) is 1.87. The molecular weight excluding hydrogens is 379 g/mol. The lowest BCUT2D eigenvalue weighted by Gasteiger charge is -2.24. The quantitative estimate of drug-likeness (QED) is 0.808. The number of hydrogen-bond acceptors (Lipinski definition) is 4. The van der Waals surface area contributed by atoms with Crippen molar-refractivity contribution in [2.75, 3.05) is 12.8 Å². The van der Waals surface area contributed by atoms with Crippen LogP contribution in [0.25, 0.3) is 0 Å². The van der Waals surface area contributed by atoms with Gasteiger partial charge in [0.25, 0.3) is 0 Å². The first kappa shape index (κ1) is 16.4. The van der Waals surface area contributed by atoms with E-state index in [1.165, 1.54) is 24.5 Å². The summed E-state index contributed by atoms with van der Waals surface area (Å²) in [5.41, 5.74) is 5.80. The lowest BCUT2D eigenvalue weighted by molar-refractivity contribution is 0.399. The van der Waals surface area contributed by atoms with Crippen LogP contribution in [0.15, 0.2) is 39.0 Å². The number of thiophene rings is 1. The highest BCUT2D eigenvalue weighted by atomic mass is 79.9. The molecule has 0 amide bonds. The molecule has 1 atom stereocenters. The van der Waals surface area contributed by atoms with E-state index in [4.69, 9.17) is 5.73 Å². The van der Waals surface area contributed by atoms with E-state index in [2.05, 4.69) is 15.9 Å². The van der Waals surface area contributed by atoms with Crippen LogP contribution in [-0.2, 0) is 10.0 Å². The zero-order valence-corrected chi connectivity index (χ0v) is 14.6. The van der Waals surface area contributed by atoms with Gasteiger partial charge in [0.2, 0.25) is 10.0 Å². The Morgan fingerprint density at radius 1 is 1.43 bits per heavy atom. The number of hydrogen-bond donors (Lipinski definition) is 1. The third-order valence-electron chi connectivity index (χ3n) is 3.17. The predicted octanol–water partition coefficient (Wildman–Crippen LogP) is 3.61. The third-order valence-corrected chi connectivity index (χ3v) is 6.72. The first-order valence-corrected chi connectivity index (χ1v) is 9.12. The van der Waals surface area contributed by atoms with Gasteiger partial charge in [0.15, 0.2) is 5.82 Å². The maximum absolute atomic E-state index is 14.1. The molecule has 0 spiro atoms. The van der Waals surface area contributed by atoms with Crippen molar-refractivity contribution in [3.8, 4) is 0 Å². The Bertz CT molecular complexity index is 748. The van der Waals surface area contributed by atoms with Gasteiger partial charge in [-0.05, 0) is 46.4 Å². The second kappa shape index (κ2) is 6.04. The molecule has 0 fully saturated rings. The number of sulfonamides is 1. The molecule has 2 N–H and O–H groups in total. The molecule has 0 aliphatic rings. The Morgan fingerprint density at radius 2 is 2.10 bits per heavy atom. The van der Waals surface area contributed by atoms with Crippen molar-refractivity contribution < 1.29 is 12.8 Å². The highest BCUT2D eigenvalue weighted by molar-refractivity contribution is 9.10. The molecule has 2 rings (SSSR count). The van der Waals surface area contributed by atoms with Crippen molar-refractivity contribution in [2.24, 2.45) is 0 Å². The van der Waals surface area contributed by atoms with Gasteiger partial charge in [-0.3, -0.25) is 0 Å². The van der Waals surface area contributed by atoms with E-state index >= 15 is 0 Å². The SMILES string of the molecule is CC(c1cccs1)N(C)S(=O)(=O)c1cc(N)cc(Br)c1F. The summed E-state index contributed by atoms with van der Waals surface area (Å²) >= 11 is 4.43. The van der Waals surface area contributed by atoms with Crippen LogP contribution in [0, 0.1) is 5.82 Å². The van der Waals surface area contributed by atoms with Gasteiger partial charge < -0.3 is 5.73 Å². The van der Waals surface area contributed by atoms with Crippen LogP contribution in [0.1, 0.15) is 17.8 Å². The van der Waals surface area contributed by atoms with Crippen LogP contribution < -0.4 is 5.73 Å². The molecule has 0 saturated carbocycles. The van der Waals surface area contributed by atoms with Crippen molar-refractivity contribution in [3.05, 3.63) is 44.8 Å². The molecule has 0 radical (unpaired) electrons. The predicted molar refractivity (Wildman–Crippen MR) is 86.2 cm³/mol. The summed E-state index contributed by atoms with van der Waals surface area (Å²) in [6, 6.07) is 5.75. The van der Waals surface area contributed by atoms with Crippen molar-refractivity contribution in [1.82, 2.24) is 4.31 Å². The van der Waals surface area contributed by atoms with Crippen LogP contribution in [0.4, 0.5) is 10.1 Å². The fraction of sp³-hybridized carbons (Fsp3) is 0.231. The summed E-state index contributed by atoms with van der Waals surface area (Å²) in [7, 11) is -2.56. The molecule has 1 heterocycles. The molecule has 8 heteroatoms. The van der Waals surface area contributed by atoms with E-state index in [9.17, 15) is 12.8 Å². The number of benzene rings is 1. The minimum absolute atomic E-state index is 0.0262. The van der Waals surface area contributed by atoms with Gasteiger partial charge in [0.05, 0.1) is 10.5 Å². The van der Waals surface area contributed by atoms with Crippen molar-refractivity contribution >= 4 is 43.0 Å². The summed E-state index contributed by atoms with van der Waals surface area (Å²) in [6.07, 6.45) is 0. The molecule has 21 heavy (non-hydrogen) atoms. The maximum atomic E-state index is 14.1. The Hall–Kier alpha value is -0.960. The molecule has 0 saturated heterocycles. The summed E-state index contributed by atoms with van der Waals surface area (Å²) in [4.78, 5) is 0.449. The number of halogens is 2. The summed E-state index contributed by atoms with van der Waals surface area (Å²) < 4.78 is 40.5. The Morgan fingerprint density at radius 3 is 2.67 bits per heavy atom. The van der Waals surface area contributed by atoms with Crippen LogP contribution in [-0.4, -0.2) is 19.8 Å². The minimum atomic E-state index is -3.98. The molecule has 0 bridgehead atoms. The van der Waals surface area contributed by atoms with Crippen LogP contribution in [0.2, 0.25) is 0 Å². The van der Waals surface area contributed by atoms with Gasteiger partial charge in [-0.1, -0.05) is 6.07 Å². The molecule has 114 valence electrons. The molecule has 1 aromatic heterocycles. The van der Waals surface area contributed by atoms with E-state index in [-0.39, 0.29) is 10.2 Å². The number of nitrogens with two attached hydrogens (primary N) is 1. The number of anilines is 1. The van der Waals surface area contributed by atoms with Crippen LogP contribution in [0.3, 0.4) is 0 Å². The topological polar surface area (TPSA) is 63.4 Å². The highest BCUT2D eigenvalue weighted by Gasteiger charge is 2.30. The van der Waals surface area contributed by atoms with Crippen molar-refractivity contribution in [3.63, 3.8) is 0 Å². The number of rotatable bonds is 4. The lowest BCUT2D eigenvalue weighted by atomic mass is 10.3. The first-order valence-electron chi connectivity index (χ1n) is 6.01. The Kier molecular flexibility index (Phi) is 4.72. The molecule has 1 unspecified atom stereocenters. The van der Waals surface area contributed by atoms with Gasteiger partial charge in [-0.25, -0.2) is 12.8 Å². The standard InChI is InChI=1S/C13H14BrFN2O2S2/c1-8(11-4-3-5-20-11)17(2)21(18,19)12-7-9(16)6-10(14)13(12)15/h3-8H,16H2,1-2H3. The fourth-order valence-electron chi connectivity index (χ4n) is 1.84. The van der Waals surface area contributed by atoms with Crippen molar-refractivity contribution in [2.45, 2.75) is 17.9 Å². The highest BCUT2D eigenvalue weighted by Crippen LogP contribution is 2.32. The van der Waals surface area contributed by atoms with Gasteiger partial charge in [-0.15, -0.1) is 11.3 Å². The number of nitrogens with zero attached hydrogens (tertiary/aromatic N) is 1. The average Bonchev–Trinajstić information content (AvgIpc) is 2.94. The second-order valence-corrected chi connectivity index (χ2v) is 8.33. The van der Waals surface area contributed by atoms with E-state index in [1.54, 1.807) is 6.92 Å². The maximum Gasteiger partial charge on any atom is 0.246 e. The van der Waals surface area contributed by atoms with Gasteiger partial charge >= 0.3 is 0 Å². The molecule has 2 aromatic rings. The fourth-order valence-corrected chi connectivity index (χ4v) is 4.81.